The Balaban J connectivity index is 2.39. The molecule has 82 valence electrons. The van der Waals surface area contributed by atoms with Crippen molar-refractivity contribution in [2.24, 2.45) is 0 Å². The molecule has 0 bridgehead atoms. The fourth-order valence-electron chi connectivity index (χ4n) is 1.39. The Bertz CT molecular complexity index is 521. The van der Waals surface area contributed by atoms with Crippen LogP contribution in [0.2, 0.25) is 0 Å². The van der Waals surface area contributed by atoms with Crippen molar-refractivity contribution in [1.82, 2.24) is 20.3 Å². The Morgan fingerprint density at radius 3 is 2.75 bits per heavy atom. The van der Waals surface area contributed by atoms with Crippen molar-refractivity contribution in [3.05, 3.63) is 46.6 Å². The number of aromatic nitrogens is 3. The molecule has 0 saturated carbocycles. The molecule has 5 nitrogen and oxygen atoms in total. The molecule has 2 heterocycles. The van der Waals surface area contributed by atoms with Gasteiger partial charge in [0, 0.05) is 36.3 Å². The zero-order valence-corrected chi connectivity index (χ0v) is 8.90. The van der Waals surface area contributed by atoms with Crippen LogP contribution in [0.3, 0.4) is 0 Å². The minimum atomic E-state index is -0.115. The molecule has 16 heavy (non-hydrogen) atoms. The van der Waals surface area contributed by atoms with Gasteiger partial charge in [-0.3, -0.25) is 9.78 Å². The summed E-state index contributed by atoms with van der Waals surface area (Å²) in [7, 11) is 1.79. The van der Waals surface area contributed by atoms with Crippen molar-refractivity contribution in [3.8, 4) is 11.4 Å². The number of nitrogens with zero attached hydrogens (tertiary/aromatic N) is 2. The number of H-pyrrole nitrogens is 1. The van der Waals surface area contributed by atoms with E-state index in [-0.39, 0.29) is 5.56 Å². The summed E-state index contributed by atoms with van der Waals surface area (Å²) in [5, 5.41) is 2.91. The average molecular weight is 216 g/mol. The molecule has 0 atom stereocenters. The molecular weight excluding hydrogens is 204 g/mol. The van der Waals surface area contributed by atoms with E-state index in [1.165, 1.54) is 0 Å². The van der Waals surface area contributed by atoms with Gasteiger partial charge in [0.2, 0.25) is 0 Å². The number of rotatable bonds is 3. The van der Waals surface area contributed by atoms with Crippen molar-refractivity contribution in [2.75, 3.05) is 7.05 Å². The van der Waals surface area contributed by atoms with Crippen LogP contribution < -0.4 is 10.9 Å². The van der Waals surface area contributed by atoms with Gasteiger partial charge < -0.3 is 10.3 Å². The highest BCUT2D eigenvalue weighted by Crippen LogP contribution is 2.10. The molecule has 2 rings (SSSR count). The zero-order chi connectivity index (χ0) is 11.4. The highest BCUT2D eigenvalue weighted by molar-refractivity contribution is 5.53. The largest absolute Gasteiger partial charge is 0.315 e. The molecule has 2 aromatic rings. The maximum atomic E-state index is 11.7. The highest BCUT2D eigenvalue weighted by Gasteiger charge is 2.03. The second kappa shape index (κ2) is 4.67. The fraction of sp³-hybridized carbons (Fsp3) is 0.182. The lowest BCUT2D eigenvalue weighted by Gasteiger charge is -2.02. The molecular formula is C11H12N4O. The Kier molecular flexibility index (Phi) is 3.07. The minimum Gasteiger partial charge on any atom is -0.315 e. The maximum absolute atomic E-state index is 11.7. The summed E-state index contributed by atoms with van der Waals surface area (Å²) in [5.74, 6) is 0.562. The van der Waals surface area contributed by atoms with Crippen LogP contribution >= 0.6 is 0 Å². The first kappa shape index (κ1) is 10.5. The average Bonchev–Trinajstić information content (AvgIpc) is 2.33. The molecule has 2 N–H and O–H groups in total. The number of hydrogen-bond donors (Lipinski definition) is 2. The summed E-state index contributed by atoms with van der Waals surface area (Å²) in [6.07, 6.45) is 4.92. The quantitative estimate of drug-likeness (QED) is 0.786. The monoisotopic (exact) mass is 216 g/mol. The van der Waals surface area contributed by atoms with Gasteiger partial charge in [0.25, 0.3) is 5.56 Å². The van der Waals surface area contributed by atoms with Gasteiger partial charge in [-0.05, 0) is 19.2 Å². The van der Waals surface area contributed by atoms with Crippen molar-refractivity contribution in [3.63, 3.8) is 0 Å². The van der Waals surface area contributed by atoms with Gasteiger partial charge in [0.05, 0.1) is 0 Å². The third kappa shape index (κ3) is 2.14. The number of hydrogen-bond acceptors (Lipinski definition) is 4. The van der Waals surface area contributed by atoms with Crippen molar-refractivity contribution >= 4 is 0 Å². The van der Waals surface area contributed by atoms with E-state index in [1.54, 1.807) is 37.8 Å². The van der Waals surface area contributed by atoms with Crippen LogP contribution in [0.4, 0.5) is 0 Å². The first-order chi connectivity index (χ1) is 7.81. The molecule has 2 aromatic heterocycles. The molecule has 0 unspecified atom stereocenters. The topological polar surface area (TPSA) is 70.7 Å². The smallest absolute Gasteiger partial charge is 0.255 e. The normalized spacial score (nSPS) is 10.3. The second-order valence-electron chi connectivity index (χ2n) is 3.35. The summed E-state index contributed by atoms with van der Waals surface area (Å²) < 4.78 is 0. The van der Waals surface area contributed by atoms with E-state index < -0.39 is 0 Å². The van der Waals surface area contributed by atoms with E-state index >= 15 is 0 Å². The summed E-state index contributed by atoms with van der Waals surface area (Å²) in [6, 6.07) is 3.60. The van der Waals surface area contributed by atoms with Crippen LogP contribution in [-0.4, -0.2) is 22.0 Å². The van der Waals surface area contributed by atoms with Crippen molar-refractivity contribution in [1.29, 1.82) is 0 Å². The molecule has 0 radical (unpaired) electrons. The summed E-state index contributed by atoms with van der Waals surface area (Å²) >= 11 is 0. The first-order valence-electron chi connectivity index (χ1n) is 4.94. The number of pyridine rings is 1. The van der Waals surface area contributed by atoms with Crippen LogP contribution in [0, 0.1) is 0 Å². The van der Waals surface area contributed by atoms with Gasteiger partial charge in [0.1, 0.15) is 5.82 Å². The van der Waals surface area contributed by atoms with Crippen molar-refractivity contribution < 1.29 is 0 Å². The van der Waals surface area contributed by atoms with Crippen molar-refractivity contribution in [2.45, 2.75) is 6.54 Å². The molecule has 0 amide bonds. The van der Waals surface area contributed by atoms with E-state index in [0.29, 0.717) is 17.9 Å². The van der Waals surface area contributed by atoms with Crippen LogP contribution in [-0.2, 0) is 6.54 Å². The van der Waals surface area contributed by atoms with Gasteiger partial charge in [-0.1, -0.05) is 0 Å². The summed E-state index contributed by atoms with van der Waals surface area (Å²) in [5.41, 5.74) is 1.36. The highest BCUT2D eigenvalue weighted by atomic mass is 16.1. The molecule has 0 saturated heterocycles. The third-order valence-electron chi connectivity index (χ3n) is 2.19. The standard InChI is InChI=1S/C11H12N4O/c1-12-6-9-7-14-10(15-11(9)16)8-2-4-13-5-3-8/h2-5,7,12H,6H2,1H3,(H,14,15,16). The molecule has 0 aliphatic carbocycles. The molecule has 0 fully saturated rings. The maximum Gasteiger partial charge on any atom is 0.255 e. The fourth-order valence-corrected chi connectivity index (χ4v) is 1.39. The Morgan fingerprint density at radius 1 is 1.38 bits per heavy atom. The molecule has 0 aliphatic rings. The zero-order valence-electron chi connectivity index (χ0n) is 8.90. The second-order valence-corrected chi connectivity index (χ2v) is 3.35. The molecule has 0 aliphatic heterocycles. The van der Waals surface area contributed by atoms with Gasteiger partial charge in [-0.15, -0.1) is 0 Å². The molecule has 0 aromatic carbocycles. The van der Waals surface area contributed by atoms with E-state index in [9.17, 15) is 4.79 Å². The first-order valence-corrected chi connectivity index (χ1v) is 4.94. The van der Waals surface area contributed by atoms with Crippen LogP contribution in [0.5, 0.6) is 0 Å². The van der Waals surface area contributed by atoms with Crippen LogP contribution in [0.25, 0.3) is 11.4 Å². The Morgan fingerprint density at radius 2 is 2.12 bits per heavy atom. The third-order valence-corrected chi connectivity index (χ3v) is 2.19. The number of nitrogens with one attached hydrogen (secondary N) is 2. The van der Waals surface area contributed by atoms with Gasteiger partial charge in [0.15, 0.2) is 0 Å². The molecule has 0 spiro atoms. The minimum absolute atomic E-state index is 0.115. The lowest BCUT2D eigenvalue weighted by atomic mass is 10.2. The van der Waals surface area contributed by atoms with Gasteiger partial charge >= 0.3 is 0 Å². The van der Waals surface area contributed by atoms with Gasteiger partial charge in [-0.25, -0.2) is 4.98 Å². The van der Waals surface area contributed by atoms with E-state index in [2.05, 4.69) is 20.3 Å². The Labute approximate surface area is 92.6 Å². The van der Waals surface area contributed by atoms with Gasteiger partial charge in [-0.2, -0.15) is 0 Å². The lowest BCUT2D eigenvalue weighted by molar-refractivity contribution is 0.798. The van der Waals surface area contributed by atoms with E-state index in [0.717, 1.165) is 5.56 Å². The number of aromatic amines is 1. The summed E-state index contributed by atoms with van der Waals surface area (Å²) in [6.45, 7) is 0.513. The van der Waals surface area contributed by atoms with E-state index in [4.69, 9.17) is 0 Å². The van der Waals surface area contributed by atoms with E-state index in [1.807, 2.05) is 0 Å². The summed E-state index contributed by atoms with van der Waals surface area (Å²) in [4.78, 5) is 22.5. The lowest BCUT2D eigenvalue weighted by Crippen LogP contribution is -2.19. The predicted molar refractivity (Wildman–Crippen MR) is 60.9 cm³/mol. The van der Waals surface area contributed by atoms with Crippen LogP contribution in [0.15, 0.2) is 35.5 Å². The van der Waals surface area contributed by atoms with Crippen LogP contribution in [0.1, 0.15) is 5.56 Å². The Hall–Kier alpha value is -2.01. The molecule has 5 heteroatoms. The predicted octanol–water partition coefficient (Wildman–Crippen LogP) is 0.551. The SMILES string of the molecule is CNCc1cnc(-c2ccncc2)[nH]c1=O.